The summed E-state index contributed by atoms with van der Waals surface area (Å²) in [5.41, 5.74) is 1.87. The zero-order valence-corrected chi connectivity index (χ0v) is 23.6. The number of hydrogen-bond acceptors (Lipinski definition) is 8. The van der Waals surface area contributed by atoms with Crippen molar-refractivity contribution in [3.63, 3.8) is 0 Å². The molecule has 1 aliphatic rings. The zero-order chi connectivity index (χ0) is 28.9. The number of carbonyl (C=O) groups excluding carboxylic acids is 1. The predicted molar refractivity (Wildman–Crippen MR) is 157 cm³/mol. The van der Waals surface area contributed by atoms with Crippen molar-refractivity contribution in [3.05, 3.63) is 128 Å². The molecule has 41 heavy (non-hydrogen) atoms. The van der Waals surface area contributed by atoms with Gasteiger partial charge in [-0.2, -0.15) is 0 Å². The van der Waals surface area contributed by atoms with Gasteiger partial charge in [-0.15, -0.1) is 0 Å². The maximum Gasteiger partial charge on any atom is 0.338 e. The van der Waals surface area contributed by atoms with Crippen LogP contribution in [0.1, 0.15) is 24.1 Å². The second-order valence-electron chi connectivity index (χ2n) is 9.07. The number of aromatic nitrogens is 1. The fourth-order valence-electron chi connectivity index (χ4n) is 4.58. The molecule has 0 saturated carbocycles. The van der Waals surface area contributed by atoms with E-state index in [2.05, 4.69) is 11.6 Å². The van der Waals surface area contributed by atoms with E-state index in [-0.39, 0.29) is 17.7 Å². The smallest absolute Gasteiger partial charge is 0.338 e. The quantitative estimate of drug-likeness (QED) is 0.214. The number of nitrogens with zero attached hydrogens (tertiary/aromatic N) is 2. The van der Waals surface area contributed by atoms with Crippen LogP contribution < -0.4 is 29.1 Å². The number of esters is 1. The van der Waals surface area contributed by atoms with Crippen molar-refractivity contribution in [1.29, 1.82) is 0 Å². The molecule has 2 heterocycles. The minimum atomic E-state index is -0.793. The van der Waals surface area contributed by atoms with Gasteiger partial charge in [-0.3, -0.25) is 9.36 Å². The SMILES string of the molecule is C=CCOC(=O)C1=C(C)N=c2s/c(=C/c3cccc(Oc4ccccc4)c3)c(=O)n2[C@H]1c1ccc(OC)c(OC)c1. The van der Waals surface area contributed by atoms with Gasteiger partial charge in [0.15, 0.2) is 16.3 Å². The fraction of sp³-hybridized carbons (Fsp3) is 0.156. The van der Waals surface area contributed by atoms with Crippen LogP contribution in [0.25, 0.3) is 6.08 Å². The Hall–Kier alpha value is -4.89. The van der Waals surface area contributed by atoms with Crippen LogP contribution in [-0.2, 0) is 9.53 Å². The molecule has 8 nitrogen and oxygen atoms in total. The lowest BCUT2D eigenvalue weighted by atomic mass is 9.95. The molecule has 5 rings (SSSR count). The highest BCUT2D eigenvalue weighted by Gasteiger charge is 2.34. The first kappa shape index (κ1) is 27.7. The molecule has 0 radical (unpaired) electrons. The van der Waals surface area contributed by atoms with E-state index in [1.54, 1.807) is 38.3 Å². The van der Waals surface area contributed by atoms with Crippen LogP contribution in [0.2, 0.25) is 0 Å². The Morgan fingerprint density at radius 1 is 1.00 bits per heavy atom. The third kappa shape index (κ3) is 5.71. The molecule has 0 amide bonds. The topological polar surface area (TPSA) is 88.4 Å². The van der Waals surface area contributed by atoms with Gasteiger partial charge in [0.2, 0.25) is 0 Å². The first-order chi connectivity index (χ1) is 19.9. The fourth-order valence-corrected chi connectivity index (χ4v) is 5.62. The molecule has 3 aromatic carbocycles. The zero-order valence-electron chi connectivity index (χ0n) is 22.8. The molecular weight excluding hydrogens is 540 g/mol. The van der Waals surface area contributed by atoms with Crippen LogP contribution in [0.15, 0.2) is 107 Å². The number of methoxy groups -OCH3 is 2. The summed E-state index contributed by atoms with van der Waals surface area (Å²) in [5.74, 6) is 1.77. The summed E-state index contributed by atoms with van der Waals surface area (Å²) in [5, 5.41) is 0. The molecule has 1 aromatic heterocycles. The molecule has 0 fully saturated rings. The normalized spacial score (nSPS) is 14.6. The van der Waals surface area contributed by atoms with Crippen LogP contribution >= 0.6 is 11.3 Å². The van der Waals surface area contributed by atoms with E-state index in [1.165, 1.54) is 29.1 Å². The van der Waals surface area contributed by atoms with E-state index in [1.807, 2.05) is 54.6 Å². The summed E-state index contributed by atoms with van der Waals surface area (Å²) in [4.78, 5) is 32.3. The predicted octanol–water partition coefficient (Wildman–Crippen LogP) is 4.77. The average molecular weight is 569 g/mol. The molecule has 9 heteroatoms. The van der Waals surface area contributed by atoms with E-state index >= 15 is 0 Å². The van der Waals surface area contributed by atoms with E-state index in [0.717, 1.165) is 5.56 Å². The van der Waals surface area contributed by atoms with Gasteiger partial charge in [-0.05, 0) is 60.5 Å². The number of thiazole rings is 1. The van der Waals surface area contributed by atoms with Gasteiger partial charge < -0.3 is 18.9 Å². The minimum Gasteiger partial charge on any atom is -0.493 e. The van der Waals surface area contributed by atoms with Gasteiger partial charge in [0.05, 0.1) is 36.1 Å². The van der Waals surface area contributed by atoms with Gasteiger partial charge in [-0.1, -0.05) is 60.4 Å². The van der Waals surface area contributed by atoms with Crippen LogP contribution in [0.5, 0.6) is 23.0 Å². The molecule has 0 spiro atoms. The number of carbonyl (C=O) groups is 1. The number of benzene rings is 3. The Morgan fingerprint density at radius 3 is 2.49 bits per heavy atom. The largest absolute Gasteiger partial charge is 0.493 e. The Morgan fingerprint density at radius 2 is 1.76 bits per heavy atom. The van der Waals surface area contributed by atoms with Gasteiger partial charge in [0.1, 0.15) is 18.1 Å². The lowest BCUT2D eigenvalue weighted by molar-refractivity contribution is -0.138. The van der Waals surface area contributed by atoms with Crippen molar-refractivity contribution in [2.45, 2.75) is 13.0 Å². The van der Waals surface area contributed by atoms with Gasteiger partial charge >= 0.3 is 5.97 Å². The highest BCUT2D eigenvalue weighted by Crippen LogP contribution is 2.36. The number of allylic oxidation sites excluding steroid dienone is 1. The maximum absolute atomic E-state index is 13.9. The van der Waals surface area contributed by atoms with Gasteiger partial charge in [-0.25, -0.2) is 9.79 Å². The van der Waals surface area contributed by atoms with E-state index in [4.69, 9.17) is 18.9 Å². The minimum absolute atomic E-state index is 0.0279. The molecule has 0 aliphatic carbocycles. The van der Waals surface area contributed by atoms with E-state index in [0.29, 0.717) is 43.6 Å². The Labute approximate surface area is 240 Å². The second-order valence-corrected chi connectivity index (χ2v) is 10.1. The van der Waals surface area contributed by atoms with Gasteiger partial charge in [0.25, 0.3) is 5.56 Å². The third-order valence-corrected chi connectivity index (χ3v) is 7.41. The van der Waals surface area contributed by atoms with Crippen LogP contribution in [-0.4, -0.2) is 31.4 Å². The highest BCUT2D eigenvalue weighted by atomic mass is 32.1. The molecule has 4 aromatic rings. The Balaban J connectivity index is 1.63. The summed E-state index contributed by atoms with van der Waals surface area (Å²) in [6.45, 7) is 5.39. The van der Waals surface area contributed by atoms with E-state index < -0.39 is 12.0 Å². The third-order valence-electron chi connectivity index (χ3n) is 6.43. The van der Waals surface area contributed by atoms with Crippen molar-refractivity contribution < 1.29 is 23.7 Å². The first-order valence-corrected chi connectivity index (χ1v) is 13.6. The highest BCUT2D eigenvalue weighted by molar-refractivity contribution is 7.07. The number of para-hydroxylation sites is 1. The number of rotatable bonds is 9. The number of ether oxygens (including phenoxy) is 4. The molecule has 0 unspecified atom stereocenters. The second kappa shape index (κ2) is 12.1. The molecule has 208 valence electrons. The lowest BCUT2D eigenvalue weighted by Gasteiger charge is -2.25. The average Bonchev–Trinajstić information content (AvgIpc) is 3.29. The van der Waals surface area contributed by atoms with Gasteiger partial charge in [0, 0.05) is 0 Å². The van der Waals surface area contributed by atoms with Crippen LogP contribution in [0.4, 0.5) is 0 Å². The van der Waals surface area contributed by atoms with Crippen LogP contribution in [0.3, 0.4) is 0 Å². The van der Waals surface area contributed by atoms with Crippen molar-refractivity contribution >= 4 is 23.4 Å². The van der Waals surface area contributed by atoms with Crippen molar-refractivity contribution in [1.82, 2.24) is 4.57 Å². The first-order valence-electron chi connectivity index (χ1n) is 12.8. The summed E-state index contributed by atoms with van der Waals surface area (Å²) >= 11 is 1.25. The monoisotopic (exact) mass is 568 g/mol. The van der Waals surface area contributed by atoms with Crippen molar-refractivity contribution in [3.8, 4) is 23.0 Å². The van der Waals surface area contributed by atoms with Crippen LogP contribution in [0, 0.1) is 0 Å². The molecule has 1 atom stereocenters. The molecule has 0 saturated heterocycles. The van der Waals surface area contributed by atoms with Crippen molar-refractivity contribution in [2.24, 2.45) is 4.99 Å². The molecular formula is C32H28N2O6S. The Bertz CT molecular complexity index is 1820. The number of hydrogen-bond donors (Lipinski definition) is 0. The van der Waals surface area contributed by atoms with Crippen molar-refractivity contribution in [2.75, 3.05) is 20.8 Å². The molecule has 1 aliphatic heterocycles. The number of fused-ring (bicyclic) bond motifs is 1. The molecule has 0 bridgehead atoms. The summed E-state index contributed by atoms with van der Waals surface area (Å²) < 4.78 is 24.3. The summed E-state index contributed by atoms with van der Waals surface area (Å²) in [7, 11) is 3.08. The lowest BCUT2D eigenvalue weighted by Crippen LogP contribution is -2.40. The molecule has 0 N–H and O–H groups in total. The Kier molecular flexibility index (Phi) is 8.16. The van der Waals surface area contributed by atoms with E-state index in [9.17, 15) is 9.59 Å². The standard InChI is InChI=1S/C32H28N2O6S/c1-5-16-39-31(36)28-20(2)33-32-34(29(28)22-14-15-25(37-3)26(19-22)38-4)30(35)27(41-32)18-21-10-9-13-24(17-21)40-23-11-7-6-8-12-23/h5-15,17-19,29H,1,16H2,2-4H3/b27-18+/t29-/m0/s1. The summed E-state index contributed by atoms with van der Waals surface area (Å²) in [6, 6.07) is 21.4. The maximum atomic E-state index is 13.9. The summed E-state index contributed by atoms with van der Waals surface area (Å²) in [6.07, 6.45) is 3.28.